The number of rotatable bonds is 8. The molecule has 0 heterocycles. The monoisotopic (exact) mass is 481 g/mol. The fourth-order valence-corrected chi connectivity index (χ4v) is 2.31. The van der Waals surface area contributed by atoms with Gasteiger partial charge in [0.25, 0.3) is 0 Å². The van der Waals surface area contributed by atoms with E-state index < -0.39 is 0 Å². The number of ether oxygens (including phenoxy) is 2. The molecule has 0 spiro atoms. The first kappa shape index (κ1) is 24.2. The Morgan fingerprint density at radius 3 is 2.48 bits per heavy atom. The molecule has 0 bridgehead atoms. The molecule has 0 saturated carbocycles. The quantitative estimate of drug-likeness (QED) is 0.347. The van der Waals surface area contributed by atoms with Crippen LogP contribution in [-0.4, -0.2) is 56.2 Å². The van der Waals surface area contributed by atoms with E-state index >= 15 is 0 Å². The van der Waals surface area contributed by atoms with Gasteiger partial charge in [0.1, 0.15) is 11.5 Å². The van der Waals surface area contributed by atoms with Gasteiger partial charge in [0, 0.05) is 36.5 Å². The maximum absolute atomic E-state index is 5.49. The highest BCUT2D eigenvalue weighted by atomic mass is 127. The molecule has 144 valence electrons. The van der Waals surface area contributed by atoms with Crippen molar-refractivity contribution in [3.63, 3.8) is 0 Å². The van der Waals surface area contributed by atoms with Crippen molar-refractivity contribution in [1.82, 2.24) is 10.2 Å². The third-order valence-electron chi connectivity index (χ3n) is 3.76. The zero-order chi connectivity index (χ0) is 18.2. The van der Waals surface area contributed by atoms with Gasteiger partial charge in [-0.1, -0.05) is 0 Å². The minimum absolute atomic E-state index is 0. The normalized spacial score (nSPS) is 11.6. The Hall–Kier alpha value is -0.830. The Morgan fingerprint density at radius 1 is 1.28 bits per heavy atom. The Bertz CT molecular complexity index is 553. The molecule has 0 aliphatic carbocycles. The van der Waals surface area contributed by atoms with Crippen LogP contribution in [0.4, 0.5) is 0 Å². The first-order chi connectivity index (χ1) is 11.4. The summed E-state index contributed by atoms with van der Waals surface area (Å²) >= 11 is 1.83. The van der Waals surface area contributed by atoms with Crippen LogP contribution in [0.15, 0.2) is 23.2 Å². The zero-order valence-corrected chi connectivity index (χ0v) is 19.5. The van der Waals surface area contributed by atoms with Crippen molar-refractivity contribution in [2.75, 3.05) is 40.6 Å². The Morgan fingerprint density at radius 2 is 1.96 bits per heavy atom. The van der Waals surface area contributed by atoms with Crippen molar-refractivity contribution in [2.24, 2.45) is 4.99 Å². The van der Waals surface area contributed by atoms with Crippen molar-refractivity contribution in [3.05, 3.63) is 23.8 Å². The van der Waals surface area contributed by atoms with Crippen molar-refractivity contribution >= 4 is 41.7 Å². The standard InChI is InChI=1S/C18H31N3O2S.HI/c1-8-19-17(20-13-18(2,3)24-7)21(4)12-14-9-10-15(22-5)11-16(14)23-6;/h9-11H,8,12-13H2,1-7H3,(H,19,20);1H. The average Bonchev–Trinajstić information content (AvgIpc) is 2.58. The molecule has 0 radical (unpaired) electrons. The number of nitrogens with one attached hydrogen (secondary N) is 1. The summed E-state index contributed by atoms with van der Waals surface area (Å²) in [6.45, 7) is 8.80. The largest absolute Gasteiger partial charge is 0.497 e. The van der Waals surface area contributed by atoms with Crippen molar-refractivity contribution in [3.8, 4) is 11.5 Å². The van der Waals surface area contributed by atoms with Gasteiger partial charge in [-0.3, -0.25) is 4.99 Å². The van der Waals surface area contributed by atoms with Gasteiger partial charge in [0.15, 0.2) is 5.96 Å². The smallest absolute Gasteiger partial charge is 0.194 e. The molecule has 0 fully saturated rings. The maximum atomic E-state index is 5.49. The van der Waals surface area contributed by atoms with Crippen LogP contribution < -0.4 is 14.8 Å². The molecule has 1 rings (SSSR count). The van der Waals surface area contributed by atoms with E-state index in [0.717, 1.165) is 36.1 Å². The van der Waals surface area contributed by atoms with E-state index in [-0.39, 0.29) is 28.7 Å². The molecule has 0 amide bonds. The molecular formula is C18H32IN3O2S. The average molecular weight is 481 g/mol. The van der Waals surface area contributed by atoms with E-state index in [1.165, 1.54) is 0 Å². The maximum Gasteiger partial charge on any atom is 0.194 e. The SMILES string of the molecule is CCNC(=NCC(C)(C)SC)N(C)Cc1ccc(OC)cc1OC.I. The van der Waals surface area contributed by atoms with Gasteiger partial charge in [-0.15, -0.1) is 24.0 Å². The lowest BCUT2D eigenvalue weighted by Crippen LogP contribution is -2.39. The summed E-state index contributed by atoms with van der Waals surface area (Å²) in [5, 5.41) is 3.36. The highest BCUT2D eigenvalue weighted by Crippen LogP contribution is 2.26. The molecule has 1 N–H and O–H groups in total. The van der Waals surface area contributed by atoms with Gasteiger partial charge in [-0.2, -0.15) is 11.8 Å². The summed E-state index contributed by atoms with van der Waals surface area (Å²) in [5.41, 5.74) is 1.09. The van der Waals surface area contributed by atoms with Crippen LogP contribution in [0.5, 0.6) is 11.5 Å². The summed E-state index contributed by atoms with van der Waals surface area (Å²) in [4.78, 5) is 6.90. The second-order valence-corrected chi connectivity index (χ2v) is 7.68. The number of aliphatic imine (C=N–C) groups is 1. The third kappa shape index (κ3) is 7.94. The molecule has 1 aromatic rings. The molecule has 7 heteroatoms. The topological polar surface area (TPSA) is 46.1 Å². The summed E-state index contributed by atoms with van der Waals surface area (Å²) < 4.78 is 10.9. The lowest BCUT2D eigenvalue weighted by Gasteiger charge is -2.25. The number of benzene rings is 1. The number of guanidine groups is 1. The summed E-state index contributed by atoms with van der Waals surface area (Å²) in [7, 11) is 5.37. The van der Waals surface area contributed by atoms with Gasteiger partial charge >= 0.3 is 0 Å². The van der Waals surface area contributed by atoms with Gasteiger partial charge in [0.05, 0.1) is 20.8 Å². The molecule has 0 atom stereocenters. The van der Waals surface area contributed by atoms with Gasteiger partial charge in [-0.05, 0) is 39.2 Å². The molecular weight excluding hydrogens is 449 g/mol. The molecule has 0 aromatic heterocycles. The summed E-state index contributed by atoms with van der Waals surface area (Å²) in [5.74, 6) is 2.51. The van der Waals surface area contributed by atoms with Gasteiger partial charge < -0.3 is 19.7 Å². The van der Waals surface area contributed by atoms with Crippen LogP contribution in [-0.2, 0) is 6.54 Å². The third-order valence-corrected chi connectivity index (χ3v) is 4.99. The second-order valence-electron chi connectivity index (χ2n) is 6.17. The molecule has 0 unspecified atom stereocenters. The van der Waals surface area contributed by atoms with E-state index in [4.69, 9.17) is 14.5 Å². The van der Waals surface area contributed by atoms with Crippen LogP contribution in [0.2, 0.25) is 0 Å². The van der Waals surface area contributed by atoms with Gasteiger partial charge in [-0.25, -0.2) is 0 Å². The molecule has 25 heavy (non-hydrogen) atoms. The van der Waals surface area contributed by atoms with E-state index in [2.05, 4.69) is 37.2 Å². The van der Waals surface area contributed by atoms with Crippen molar-refractivity contribution in [1.29, 1.82) is 0 Å². The van der Waals surface area contributed by atoms with Crippen molar-refractivity contribution < 1.29 is 9.47 Å². The highest BCUT2D eigenvalue weighted by molar-refractivity contribution is 14.0. The fourth-order valence-electron chi connectivity index (χ4n) is 2.11. The summed E-state index contributed by atoms with van der Waals surface area (Å²) in [6, 6.07) is 5.89. The predicted octanol–water partition coefficient (Wildman–Crippen LogP) is 3.86. The van der Waals surface area contributed by atoms with E-state index in [1.807, 2.05) is 37.0 Å². The first-order valence-electron chi connectivity index (χ1n) is 8.12. The van der Waals surface area contributed by atoms with Crippen LogP contribution in [0.3, 0.4) is 0 Å². The molecule has 5 nitrogen and oxygen atoms in total. The predicted molar refractivity (Wildman–Crippen MR) is 120 cm³/mol. The fraction of sp³-hybridized carbons (Fsp3) is 0.611. The number of hydrogen-bond donors (Lipinski definition) is 1. The second kappa shape index (κ2) is 11.7. The lowest BCUT2D eigenvalue weighted by atomic mass is 10.2. The zero-order valence-electron chi connectivity index (χ0n) is 16.4. The number of thioether (sulfide) groups is 1. The molecule has 0 aliphatic heterocycles. The number of methoxy groups -OCH3 is 2. The minimum atomic E-state index is 0. The van der Waals surface area contributed by atoms with Crippen LogP contribution in [0, 0.1) is 0 Å². The van der Waals surface area contributed by atoms with E-state index in [1.54, 1.807) is 14.2 Å². The van der Waals surface area contributed by atoms with E-state index in [9.17, 15) is 0 Å². The Balaban J connectivity index is 0.00000576. The number of halogens is 1. The molecule has 1 aromatic carbocycles. The lowest BCUT2D eigenvalue weighted by molar-refractivity contribution is 0.382. The Labute approximate surface area is 174 Å². The Kier molecular flexibility index (Phi) is 11.3. The molecule has 0 saturated heterocycles. The summed E-state index contributed by atoms with van der Waals surface area (Å²) in [6.07, 6.45) is 2.12. The van der Waals surface area contributed by atoms with Crippen LogP contribution in [0.25, 0.3) is 0 Å². The highest BCUT2D eigenvalue weighted by Gasteiger charge is 2.17. The minimum Gasteiger partial charge on any atom is -0.497 e. The van der Waals surface area contributed by atoms with Gasteiger partial charge in [0.2, 0.25) is 0 Å². The molecule has 0 aliphatic rings. The van der Waals surface area contributed by atoms with Crippen LogP contribution in [0.1, 0.15) is 26.3 Å². The van der Waals surface area contributed by atoms with E-state index in [0.29, 0.717) is 6.54 Å². The number of nitrogens with zero attached hydrogens (tertiary/aromatic N) is 2. The number of hydrogen-bond acceptors (Lipinski definition) is 4. The first-order valence-corrected chi connectivity index (χ1v) is 9.34. The van der Waals surface area contributed by atoms with Crippen molar-refractivity contribution in [2.45, 2.75) is 32.1 Å². The van der Waals surface area contributed by atoms with Crippen LogP contribution >= 0.6 is 35.7 Å².